The Morgan fingerprint density at radius 1 is 1.35 bits per heavy atom. The topological polar surface area (TPSA) is 30.7 Å². The highest BCUT2D eigenvalue weighted by atomic mass is 35.5. The molecule has 0 unspecified atom stereocenters. The summed E-state index contributed by atoms with van der Waals surface area (Å²) in [5.41, 5.74) is 2.31. The first kappa shape index (κ1) is 14.2. The molecule has 0 bridgehead atoms. The lowest BCUT2D eigenvalue weighted by molar-refractivity contribution is 0.791. The number of rotatable bonds is 4. The number of alkyl halides is 2. The number of aryl methyl sites for hydroxylation is 1. The maximum absolute atomic E-state index is 6.04. The molecule has 1 fully saturated rings. The van der Waals surface area contributed by atoms with Gasteiger partial charge in [0.25, 0.3) is 0 Å². The van der Waals surface area contributed by atoms with E-state index in [4.69, 9.17) is 23.2 Å². The van der Waals surface area contributed by atoms with E-state index < -0.39 is 4.33 Å². The monoisotopic (exact) mass is 327 g/mol. The Kier molecular flexibility index (Phi) is 3.73. The van der Waals surface area contributed by atoms with Crippen LogP contribution in [0.15, 0.2) is 29.4 Å². The van der Waals surface area contributed by atoms with E-state index in [9.17, 15) is 0 Å². The number of aromatic nitrogens is 3. The zero-order chi connectivity index (χ0) is 14.3. The van der Waals surface area contributed by atoms with Gasteiger partial charge in [-0.05, 0) is 18.9 Å². The van der Waals surface area contributed by atoms with Gasteiger partial charge in [-0.3, -0.25) is 0 Å². The molecular formula is C14H15Cl2N3S. The zero-order valence-corrected chi connectivity index (χ0v) is 13.6. The van der Waals surface area contributed by atoms with Gasteiger partial charge in [-0.1, -0.05) is 36.0 Å². The normalized spacial score (nSPS) is 20.1. The number of halogens is 2. The van der Waals surface area contributed by atoms with Crippen molar-refractivity contribution in [1.29, 1.82) is 0 Å². The lowest BCUT2D eigenvalue weighted by Gasteiger charge is -2.06. The Bertz CT molecular complexity index is 639. The van der Waals surface area contributed by atoms with E-state index in [1.165, 1.54) is 5.56 Å². The van der Waals surface area contributed by atoms with Crippen molar-refractivity contribution < 1.29 is 0 Å². The Morgan fingerprint density at radius 2 is 2.05 bits per heavy atom. The molecule has 0 amide bonds. The first-order valence-corrected chi connectivity index (χ1v) is 8.19. The molecule has 0 radical (unpaired) electrons. The lowest BCUT2D eigenvalue weighted by Crippen LogP contribution is -1.98. The van der Waals surface area contributed by atoms with Gasteiger partial charge >= 0.3 is 0 Å². The van der Waals surface area contributed by atoms with Gasteiger partial charge in [-0.15, -0.1) is 33.4 Å². The summed E-state index contributed by atoms with van der Waals surface area (Å²) in [7, 11) is 1.99. The molecule has 2 aromatic rings. The van der Waals surface area contributed by atoms with Gasteiger partial charge in [0.2, 0.25) is 0 Å². The van der Waals surface area contributed by atoms with Crippen molar-refractivity contribution in [2.45, 2.75) is 22.8 Å². The molecule has 0 saturated heterocycles. The van der Waals surface area contributed by atoms with Crippen LogP contribution in [0.3, 0.4) is 0 Å². The van der Waals surface area contributed by atoms with Crippen molar-refractivity contribution in [3.63, 3.8) is 0 Å². The average molecular weight is 328 g/mol. The van der Waals surface area contributed by atoms with Crippen LogP contribution in [0.4, 0.5) is 0 Å². The largest absolute Gasteiger partial charge is 0.305 e. The number of benzene rings is 1. The van der Waals surface area contributed by atoms with Crippen molar-refractivity contribution in [1.82, 2.24) is 14.8 Å². The first-order valence-electron chi connectivity index (χ1n) is 6.45. The molecule has 1 saturated carbocycles. The lowest BCUT2D eigenvalue weighted by atomic mass is 10.1. The van der Waals surface area contributed by atoms with Gasteiger partial charge in [-0.25, -0.2) is 0 Å². The fourth-order valence-corrected chi connectivity index (χ4v) is 3.97. The molecule has 1 aromatic heterocycles. The number of nitrogens with zero attached hydrogens (tertiary/aromatic N) is 3. The summed E-state index contributed by atoms with van der Waals surface area (Å²) in [5, 5.41) is 9.48. The van der Waals surface area contributed by atoms with E-state index in [0.29, 0.717) is 5.92 Å². The molecule has 1 aliphatic rings. The molecule has 20 heavy (non-hydrogen) atoms. The smallest absolute Gasteiger partial charge is 0.191 e. The Hall–Kier alpha value is -0.710. The zero-order valence-electron chi connectivity index (χ0n) is 11.3. The molecule has 3 nitrogen and oxygen atoms in total. The predicted octanol–water partition coefficient (Wildman–Crippen LogP) is 4.08. The molecule has 0 spiro atoms. The molecule has 1 heterocycles. The maximum atomic E-state index is 6.04. The third kappa shape index (κ3) is 2.69. The predicted molar refractivity (Wildman–Crippen MR) is 84.4 cm³/mol. The summed E-state index contributed by atoms with van der Waals surface area (Å²) in [6.45, 7) is 2.08. The minimum Gasteiger partial charge on any atom is -0.305 e. The molecular weight excluding hydrogens is 313 g/mol. The first-order chi connectivity index (χ1) is 9.49. The summed E-state index contributed by atoms with van der Waals surface area (Å²) < 4.78 is 1.50. The quantitative estimate of drug-likeness (QED) is 0.626. The standard InChI is InChI=1S/C14H15Cl2N3S/c1-9-5-3-4-6-11(9)12-17-18-13(19(12)2)20-8-10-7-14(10,15)16/h3-6,10H,7-8H2,1-2H3/t10-/m0/s1. The van der Waals surface area contributed by atoms with Crippen molar-refractivity contribution in [3.8, 4) is 11.4 Å². The van der Waals surface area contributed by atoms with Crippen LogP contribution in [0.5, 0.6) is 0 Å². The minimum atomic E-state index is -0.523. The number of hydrogen-bond donors (Lipinski definition) is 0. The Balaban J connectivity index is 1.77. The van der Waals surface area contributed by atoms with Crippen LogP contribution in [0.2, 0.25) is 0 Å². The van der Waals surface area contributed by atoms with Gasteiger partial charge in [0, 0.05) is 24.3 Å². The molecule has 1 aliphatic carbocycles. The summed E-state index contributed by atoms with van der Waals surface area (Å²) in [6.07, 6.45) is 0.867. The molecule has 6 heteroatoms. The van der Waals surface area contributed by atoms with Crippen LogP contribution in [-0.4, -0.2) is 24.9 Å². The SMILES string of the molecule is Cc1ccccc1-c1nnc(SC[C@@H]2CC2(Cl)Cl)n1C. The van der Waals surface area contributed by atoms with E-state index in [2.05, 4.69) is 29.3 Å². The van der Waals surface area contributed by atoms with Gasteiger partial charge in [0.15, 0.2) is 11.0 Å². The second-order valence-corrected chi connectivity index (χ2v) is 7.68. The minimum absolute atomic E-state index is 0.356. The van der Waals surface area contributed by atoms with Gasteiger partial charge in [0.05, 0.1) is 0 Å². The van der Waals surface area contributed by atoms with Crippen LogP contribution in [0, 0.1) is 12.8 Å². The fourth-order valence-electron chi connectivity index (χ4n) is 2.12. The second kappa shape index (κ2) is 5.24. The molecule has 1 atom stereocenters. The van der Waals surface area contributed by atoms with Crippen LogP contribution in [0.25, 0.3) is 11.4 Å². The van der Waals surface area contributed by atoms with Crippen molar-refractivity contribution in [3.05, 3.63) is 29.8 Å². The van der Waals surface area contributed by atoms with E-state index in [0.717, 1.165) is 28.7 Å². The summed E-state index contributed by atoms with van der Waals surface area (Å²) in [5.74, 6) is 2.13. The maximum Gasteiger partial charge on any atom is 0.191 e. The average Bonchev–Trinajstić information content (AvgIpc) is 2.85. The molecule has 0 aliphatic heterocycles. The van der Waals surface area contributed by atoms with Crippen molar-refractivity contribution >= 4 is 35.0 Å². The van der Waals surface area contributed by atoms with Crippen LogP contribution >= 0.6 is 35.0 Å². The van der Waals surface area contributed by atoms with Crippen molar-refractivity contribution in [2.75, 3.05) is 5.75 Å². The third-order valence-electron chi connectivity index (χ3n) is 3.59. The van der Waals surface area contributed by atoms with E-state index in [1.807, 2.05) is 23.7 Å². The summed E-state index contributed by atoms with van der Waals surface area (Å²) in [4.78, 5) is 0. The Labute approximate surface area is 132 Å². The molecule has 3 rings (SSSR count). The molecule has 106 valence electrons. The van der Waals surface area contributed by atoms with Gasteiger partial charge in [0.1, 0.15) is 4.33 Å². The van der Waals surface area contributed by atoms with Crippen molar-refractivity contribution in [2.24, 2.45) is 13.0 Å². The highest BCUT2D eigenvalue weighted by Gasteiger charge is 2.51. The fraction of sp³-hybridized carbons (Fsp3) is 0.429. The number of thioether (sulfide) groups is 1. The van der Waals surface area contributed by atoms with Crippen LogP contribution in [0.1, 0.15) is 12.0 Å². The van der Waals surface area contributed by atoms with Crippen LogP contribution < -0.4 is 0 Å². The second-order valence-electron chi connectivity index (χ2n) is 5.15. The molecule has 0 N–H and O–H groups in total. The summed E-state index contributed by atoms with van der Waals surface area (Å²) in [6, 6.07) is 8.19. The highest BCUT2D eigenvalue weighted by molar-refractivity contribution is 7.99. The van der Waals surface area contributed by atoms with Gasteiger partial charge < -0.3 is 4.57 Å². The molecule has 1 aromatic carbocycles. The van der Waals surface area contributed by atoms with Gasteiger partial charge in [-0.2, -0.15) is 0 Å². The van der Waals surface area contributed by atoms with E-state index >= 15 is 0 Å². The highest BCUT2D eigenvalue weighted by Crippen LogP contribution is 2.54. The Morgan fingerprint density at radius 3 is 2.70 bits per heavy atom. The summed E-state index contributed by atoms with van der Waals surface area (Å²) >= 11 is 13.8. The van der Waals surface area contributed by atoms with E-state index in [1.54, 1.807) is 11.8 Å². The third-order valence-corrected chi connectivity index (χ3v) is 5.70. The van der Waals surface area contributed by atoms with Crippen LogP contribution in [-0.2, 0) is 7.05 Å². The van der Waals surface area contributed by atoms with E-state index in [-0.39, 0.29) is 0 Å². The number of hydrogen-bond acceptors (Lipinski definition) is 3.